The third-order valence-corrected chi connectivity index (χ3v) is 3.07. The van der Waals surface area contributed by atoms with Crippen molar-refractivity contribution in [2.45, 2.75) is 25.5 Å². The standard InChI is InChI=1S/C13H16F2N2O2.ClH/c14-13(15)19-11-4-2-1-3-9(11)12(18)17-7-10(16)8-5-6-8;/h1-4,8,10,13H,5-7,16H2,(H,17,18);1H. The Bertz CT molecular complexity index is 456. The number of nitrogens with one attached hydrogen (secondary N) is 1. The highest BCUT2D eigenvalue weighted by atomic mass is 35.5. The van der Waals surface area contributed by atoms with Gasteiger partial charge in [-0.25, -0.2) is 0 Å². The highest BCUT2D eigenvalue weighted by molar-refractivity contribution is 5.96. The average Bonchev–Trinajstić information content (AvgIpc) is 3.19. The second-order valence-corrected chi connectivity index (χ2v) is 4.59. The van der Waals surface area contributed by atoms with E-state index < -0.39 is 12.5 Å². The summed E-state index contributed by atoms with van der Waals surface area (Å²) in [6, 6.07) is 5.82. The lowest BCUT2D eigenvalue weighted by Crippen LogP contribution is -2.38. The number of benzene rings is 1. The molecule has 4 nitrogen and oxygen atoms in total. The summed E-state index contributed by atoms with van der Waals surface area (Å²) in [5.41, 5.74) is 5.95. The number of rotatable bonds is 6. The third-order valence-electron chi connectivity index (χ3n) is 3.07. The Morgan fingerprint density at radius 3 is 2.65 bits per heavy atom. The molecule has 1 amide bonds. The van der Waals surface area contributed by atoms with E-state index in [1.807, 2.05) is 0 Å². The maximum atomic E-state index is 12.2. The van der Waals surface area contributed by atoms with E-state index in [1.54, 1.807) is 6.07 Å². The quantitative estimate of drug-likeness (QED) is 0.846. The van der Waals surface area contributed by atoms with Crippen LogP contribution in [0.15, 0.2) is 24.3 Å². The Morgan fingerprint density at radius 1 is 1.40 bits per heavy atom. The van der Waals surface area contributed by atoms with E-state index in [-0.39, 0.29) is 29.8 Å². The van der Waals surface area contributed by atoms with Gasteiger partial charge in [-0.1, -0.05) is 12.1 Å². The fourth-order valence-corrected chi connectivity index (χ4v) is 1.85. The molecule has 112 valence electrons. The van der Waals surface area contributed by atoms with Gasteiger partial charge in [-0.15, -0.1) is 12.4 Å². The summed E-state index contributed by atoms with van der Waals surface area (Å²) in [4.78, 5) is 11.9. The number of carbonyl (C=O) groups is 1. The van der Waals surface area contributed by atoms with Gasteiger partial charge in [0.15, 0.2) is 0 Å². The van der Waals surface area contributed by atoms with Crippen molar-refractivity contribution in [2.24, 2.45) is 11.7 Å². The molecule has 7 heteroatoms. The number of carbonyl (C=O) groups excluding carboxylic acids is 1. The van der Waals surface area contributed by atoms with Crippen LogP contribution >= 0.6 is 12.4 Å². The Hall–Kier alpha value is -1.40. The van der Waals surface area contributed by atoms with E-state index in [9.17, 15) is 13.6 Å². The van der Waals surface area contributed by atoms with Crippen LogP contribution in [-0.2, 0) is 0 Å². The van der Waals surface area contributed by atoms with Gasteiger partial charge in [0, 0.05) is 12.6 Å². The maximum Gasteiger partial charge on any atom is 0.387 e. The monoisotopic (exact) mass is 306 g/mol. The van der Waals surface area contributed by atoms with Crippen molar-refractivity contribution in [3.8, 4) is 5.75 Å². The first-order valence-corrected chi connectivity index (χ1v) is 6.15. The Morgan fingerprint density at radius 2 is 2.05 bits per heavy atom. The Labute approximate surface area is 122 Å². The van der Waals surface area contributed by atoms with Gasteiger partial charge in [-0.3, -0.25) is 4.79 Å². The number of halogens is 3. The van der Waals surface area contributed by atoms with Crippen LogP contribution in [0.1, 0.15) is 23.2 Å². The second-order valence-electron chi connectivity index (χ2n) is 4.59. The molecule has 1 aliphatic carbocycles. The SMILES string of the molecule is Cl.NC(CNC(=O)c1ccccc1OC(F)F)C1CC1. The topological polar surface area (TPSA) is 64.3 Å². The van der Waals surface area contributed by atoms with Crippen molar-refractivity contribution < 1.29 is 18.3 Å². The van der Waals surface area contributed by atoms with E-state index in [0.717, 1.165) is 12.8 Å². The lowest BCUT2D eigenvalue weighted by molar-refractivity contribution is -0.0501. The van der Waals surface area contributed by atoms with E-state index in [4.69, 9.17) is 5.73 Å². The molecule has 0 saturated heterocycles. The number of ether oxygens (including phenoxy) is 1. The van der Waals surface area contributed by atoms with E-state index in [2.05, 4.69) is 10.1 Å². The fourth-order valence-electron chi connectivity index (χ4n) is 1.85. The number of hydrogen-bond acceptors (Lipinski definition) is 3. The first-order valence-electron chi connectivity index (χ1n) is 6.15. The highest BCUT2D eigenvalue weighted by Gasteiger charge is 2.28. The summed E-state index contributed by atoms with van der Waals surface area (Å²) in [7, 11) is 0. The molecule has 0 spiro atoms. The van der Waals surface area contributed by atoms with Crippen LogP contribution in [0.2, 0.25) is 0 Å². The molecule has 1 fully saturated rings. The van der Waals surface area contributed by atoms with E-state index in [1.165, 1.54) is 18.2 Å². The van der Waals surface area contributed by atoms with Crippen molar-refractivity contribution >= 4 is 18.3 Å². The zero-order valence-electron chi connectivity index (χ0n) is 10.7. The molecule has 20 heavy (non-hydrogen) atoms. The first kappa shape index (κ1) is 16.7. The lowest BCUT2D eigenvalue weighted by Gasteiger charge is -2.13. The van der Waals surface area contributed by atoms with Gasteiger partial charge in [0.05, 0.1) is 5.56 Å². The van der Waals surface area contributed by atoms with Crippen molar-refractivity contribution in [3.05, 3.63) is 29.8 Å². The predicted molar refractivity (Wildman–Crippen MR) is 73.4 cm³/mol. The number of nitrogens with two attached hydrogens (primary N) is 1. The molecule has 1 atom stereocenters. The molecular formula is C13H17ClF2N2O2. The molecule has 1 aromatic carbocycles. The van der Waals surface area contributed by atoms with Crippen LogP contribution in [0, 0.1) is 5.92 Å². The molecule has 0 aliphatic heterocycles. The van der Waals surface area contributed by atoms with Crippen molar-refractivity contribution in [2.75, 3.05) is 6.54 Å². The Balaban J connectivity index is 0.00000200. The van der Waals surface area contributed by atoms with Gasteiger partial charge >= 0.3 is 6.61 Å². The Kier molecular flexibility index (Phi) is 6.16. The molecular weight excluding hydrogens is 290 g/mol. The van der Waals surface area contributed by atoms with Gasteiger partial charge < -0.3 is 15.8 Å². The largest absolute Gasteiger partial charge is 0.434 e. The van der Waals surface area contributed by atoms with Gasteiger partial charge in [0.25, 0.3) is 5.91 Å². The van der Waals surface area contributed by atoms with Crippen LogP contribution in [0.25, 0.3) is 0 Å². The third kappa shape index (κ3) is 4.61. The first-order chi connectivity index (χ1) is 9.08. The minimum atomic E-state index is -2.96. The molecule has 0 heterocycles. The minimum Gasteiger partial charge on any atom is -0.434 e. The lowest BCUT2D eigenvalue weighted by atomic mass is 10.1. The number of amides is 1. The molecule has 1 unspecified atom stereocenters. The predicted octanol–water partition coefficient (Wildman–Crippen LogP) is 2.18. The number of alkyl halides is 2. The summed E-state index contributed by atoms with van der Waals surface area (Å²) in [5, 5.41) is 2.64. The number of para-hydroxylation sites is 1. The van der Waals surface area contributed by atoms with Crippen molar-refractivity contribution in [1.29, 1.82) is 0 Å². The van der Waals surface area contributed by atoms with Crippen LogP contribution < -0.4 is 15.8 Å². The summed E-state index contributed by atoms with van der Waals surface area (Å²) in [6.07, 6.45) is 2.17. The normalized spacial score (nSPS) is 15.4. The molecule has 2 rings (SSSR count). The summed E-state index contributed by atoms with van der Waals surface area (Å²) >= 11 is 0. The smallest absolute Gasteiger partial charge is 0.387 e. The summed E-state index contributed by atoms with van der Waals surface area (Å²) in [5.74, 6) is -0.116. The average molecular weight is 307 g/mol. The van der Waals surface area contributed by atoms with Crippen LogP contribution in [0.4, 0.5) is 8.78 Å². The molecule has 1 saturated carbocycles. The van der Waals surface area contributed by atoms with Gasteiger partial charge in [-0.2, -0.15) is 8.78 Å². The van der Waals surface area contributed by atoms with Crippen LogP contribution in [0.5, 0.6) is 5.75 Å². The molecule has 3 N–H and O–H groups in total. The molecule has 1 aromatic rings. The van der Waals surface area contributed by atoms with E-state index >= 15 is 0 Å². The summed E-state index contributed by atoms with van der Waals surface area (Å²) in [6.45, 7) is -2.62. The fraction of sp³-hybridized carbons (Fsp3) is 0.462. The minimum absolute atomic E-state index is 0. The van der Waals surface area contributed by atoms with Gasteiger partial charge in [0.2, 0.25) is 0 Å². The number of hydrogen-bond donors (Lipinski definition) is 2. The molecule has 0 aromatic heterocycles. The van der Waals surface area contributed by atoms with E-state index in [0.29, 0.717) is 12.5 Å². The van der Waals surface area contributed by atoms with Crippen molar-refractivity contribution in [1.82, 2.24) is 5.32 Å². The zero-order chi connectivity index (χ0) is 13.8. The van der Waals surface area contributed by atoms with Crippen LogP contribution in [0.3, 0.4) is 0 Å². The van der Waals surface area contributed by atoms with Gasteiger partial charge in [0.1, 0.15) is 5.75 Å². The van der Waals surface area contributed by atoms with Crippen LogP contribution in [-0.4, -0.2) is 25.1 Å². The highest BCUT2D eigenvalue weighted by Crippen LogP contribution is 2.31. The molecule has 0 bridgehead atoms. The molecule has 0 radical (unpaired) electrons. The van der Waals surface area contributed by atoms with Crippen molar-refractivity contribution in [3.63, 3.8) is 0 Å². The maximum absolute atomic E-state index is 12.2. The second kappa shape index (κ2) is 7.40. The molecule has 1 aliphatic rings. The van der Waals surface area contributed by atoms with Gasteiger partial charge in [-0.05, 0) is 30.9 Å². The summed E-state index contributed by atoms with van der Waals surface area (Å²) < 4.78 is 28.7. The zero-order valence-corrected chi connectivity index (χ0v) is 11.5.